The third-order valence-corrected chi connectivity index (χ3v) is 9.48. The van der Waals surface area contributed by atoms with Gasteiger partial charge in [0, 0.05) is 12.8 Å². The first-order valence-corrected chi connectivity index (χ1v) is 21.8. The number of allylic oxidation sites excluding steroid dienone is 6. The number of esters is 2. The highest BCUT2D eigenvalue weighted by atomic mass is 31.2. The van der Waals surface area contributed by atoms with Gasteiger partial charge < -0.3 is 14.4 Å². The molecule has 1 N–H and O–H groups in total. The lowest BCUT2D eigenvalue weighted by atomic mass is 10.1. The van der Waals surface area contributed by atoms with Gasteiger partial charge in [-0.15, -0.1) is 0 Å². The second kappa shape index (κ2) is 37.0. The maximum absolute atomic E-state index is 12.5. The molecule has 0 aliphatic rings. The Balaban J connectivity index is 4.16. The van der Waals surface area contributed by atoms with E-state index in [1.807, 2.05) is 0 Å². The lowest BCUT2D eigenvalue weighted by molar-refractivity contribution is -0.161. The predicted molar refractivity (Wildman–Crippen MR) is 207 cm³/mol. The molecule has 0 radical (unpaired) electrons. The van der Waals surface area contributed by atoms with Gasteiger partial charge in [-0.1, -0.05) is 134 Å². The third kappa shape index (κ3) is 36.1. The smallest absolute Gasteiger partial charge is 0.462 e. The van der Waals surface area contributed by atoms with Gasteiger partial charge >= 0.3 is 19.8 Å². The Bertz CT molecular complexity index is 916. The van der Waals surface area contributed by atoms with Crippen LogP contribution in [0.3, 0.4) is 0 Å². The monoisotopic (exact) mass is 727 g/mol. The molecule has 1 unspecified atom stereocenters. The van der Waals surface area contributed by atoms with Crippen LogP contribution < -0.4 is 0 Å². The summed E-state index contributed by atoms with van der Waals surface area (Å²) in [4.78, 5) is 34.6. The van der Waals surface area contributed by atoms with E-state index < -0.39 is 26.5 Å². The van der Waals surface area contributed by atoms with Crippen molar-refractivity contribution in [3.05, 3.63) is 36.5 Å². The second-order valence-corrected chi connectivity index (χ2v) is 14.7. The van der Waals surface area contributed by atoms with E-state index in [9.17, 15) is 19.0 Å². The van der Waals surface area contributed by atoms with Crippen molar-refractivity contribution in [2.75, 3.05) is 19.8 Å². The van der Waals surface area contributed by atoms with Crippen molar-refractivity contribution < 1.29 is 37.6 Å². The molecule has 292 valence electrons. The quantitative estimate of drug-likeness (QED) is 0.0292. The molecule has 0 aromatic heterocycles. The Morgan fingerprint density at radius 1 is 0.540 bits per heavy atom. The van der Waals surface area contributed by atoms with Crippen molar-refractivity contribution >= 4 is 19.8 Å². The molecule has 0 aliphatic carbocycles. The molecular formula is C41H75O8P. The zero-order chi connectivity index (χ0) is 36.8. The highest BCUT2D eigenvalue weighted by Crippen LogP contribution is 2.43. The van der Waals surface area contributed by atoms with E-state index in [4.69, 9.17) is 18.5 Å². The van der Waals surface area contributed by atoms with E-state index in [0.717, 1.165) is 77.0 Å². The van der Waals surface area contributed by atoms with E-state index in [2.05, 4.69) is 50.3 Å². The van der Waals surface area contributed by atoms with Gasteiger partial charge in [0.15, 0.2) is 6.10 Å². The first-order valence-electron chi connectivity index (χ1n) is 20.3. The van der Waals surface area contributed by atoms with Crippen LogP contribution in [-0.2, 0) is 32.7 Å². The molecule has 0 amide bonds. The SMILES string of the molecule is CCCCC/C=C\C/C=C\CCCCCCCC(=O)O[C@H](COC(=O)CCCCCCC/C=C\CCCCCCCC)COP(=O)(O)OCC. The van der Waals surface area contributed by atoms with Crippen LogP contribution in [0.2, 0.25) is 0 Å². The molecule has 0 saturated carbocycles. The minimum Gasteiger partial charge on any atom is -0.462 e. The number of hydrogen-bond acceptors (Lipinski definition) is 7. The van der Waals surface area contributed by atoms with Crippen molar-refractivity contribution in [2.45, 2.75) is 194 Å². The number of unbranched alkanes of at least 4 members (excludes halogenated alkanes) is 19. The van der Waals surface area contributed by atoms with Gasteiger partial charge in [-0.3, -0.25) is 18.6 Å². The van der Waals surface area contributed by atoms with Crippen molar-refractivity contribution in [3.8, 4) is 0 Å². The Hall–Kier alpha value is -1.73. The number of carbonyl (C=O) groups is 2. The molecule has 0 fully saturated rings. The van der Waals surface area contributed by atoms with E-state index in [1.165, 1.54) is 70.6 Å². The van der Waals surface area contributed by atoms with Crippen LogP contribution >= 0.6 is 7.82 Å². The molecule has 0 spiro atoms. The van der Waals surface area contributed by atoms with E-state index in [-0.39, 0.29) is 32.0 Å². The maximum atomic E-state index is 12.5. The fourth-order valence-corrected chi connectivity index (χ4v) is 6.17. The number of carbonyl (C=O) groups excluding carboxylic acids is 2. The molecule has 8 nitrogen and oxygen atoms in total. The van der Waals surface area contributed by atoms with Crippen LogP contribution in [0.25, 0.3) is 0 Å². The first kappa shape index (κ1) is 48.3. The molecule has 0 aromatic carbocycles. The Kier molecular flexibility index (Phi) is 35.8. The number of hydrogen-bond donors (Lipinski definition) is 1. The van der Waals surface area contributed by atoms with Crippen LogP contribution in [0, 0.1) is 0 Å². The topological polar surface area (TPSA) is 108 Å². The first-order chi connectivity index (χ1) is 24.3. The predicted octanol–water partition coefficient (Wildman–Crippen LogP) is 12.4. The van der Waals surface area contributed by atoms with Gasteiger partial charge in [0.1, 0.15) is 6.61 Å². The summed E-state index contributed by atoms with van der Waals surface area (Å²) < 4.78 is 32.6. The Labute approximate surface area is 306 Å². The normalized spacial score (nSPS) is 13.8. The fourth-order valence-electron chi connectivity index (χ4n) is 5.42. The number of ether oxygens (including phenoxy) is 2. The fraction of sp³-hybridized carbons (Fsp3) is 0.805. The van der Waals surface area contributed by atoms with Crippen LogP contribution in [0.4, 0.5) is 0 Å². The van der Waals surface area contributed by atoms with Gasteiger partial charge in [-0.2, -0.15) is 0 Å². The average molecular weight is 727 g/mol. The summed E-state index contributed by atoms with van der Waals surface area (Å²) in [5.41, 5.74) is 0. The van der Waals surface area contributed by atoms with Gasteiger partial charge in [-0.05, 0) is 77.6 Å². The molecule has 0 aliphatic heterocycles. The second-order valence-electron chi connectivity index (χ2n) is 13.3. The summed E-state index contributed by atoms with van der Waals surface area (Å²) in [6, 6.07) is 0. The van der Waals surface area contributed by atoms with Crippen molar-refractivity contribution in [1.82, 2.24) is 0 Å². The van der Waals surface area contributed by atoms with Crippen LogP contribution in [0.5, 0.6) is 0 Å². The zero-order valence-electron chi connectivity index (χ0n) is 32.3. The Morgan fingerprint density at radius 2 is 0.960 bits per heavy atom. The molecule has 2 atom stereocenters. The molecule has 0 rings (SSSR count). The lowest BCUT2D eigenvalue weighted by Gasteiger charge is -2.19. The van der Waals surface area contributed by atoms with E-state index in [0.29, 0.717) is 6.42 Å². The summed E-state index contributed by atoms with van der Waals surface area (Å²) in [6.45, 7) is 5.41. The average Bonchev–Trinajstić information content (AvgIpc) is 3.09. The van der Waals surface area contributed by atoms with Crippen LogP contribution in [-0.4, -0.2) is 42.8 Å². The van der Waals surface area contributed by atoms with Gasteiger partial charge in [-0.25, -0.2) is 4.57 Å². The zero-order valence-corrected chi connectivity index (χ0v) is 33.2. The molecule has 9 heteroatoms. The summed E-state index contributed by atoms with van der Waals surface area (Å²) >= 11 is 0. The summed E-state index contributed by atoms with van der Waals surface area (Å²) in [5, 5.41) is 0. The highest BCUT2D eigenvalue weighted by molar-refractivity contribution is 7.47. The summed E-state index contributed by atoms with van der Waals surface area (Å²) in [5.74, 6) is -0.823. The van der Waals surface area contributed by atoms with Gasteiger partial charge in [0.25, 0.3) is 0 Å². The largest absolute Gasteiger partial charge is 0.472 e. The third-order valence-electron chi connectivity index (χ3n) is 8.42. The molecule has 50 heavy (non-hydrogen) atoms. The van der Waals surface area contributed by atoms with Gasteiger partial charge in [0.2, 0.25) is 0 Å². The number of phosphoric ester groups is 1. The van der Waals surface area contributed by atoms with Crippen molar-refractivity contribution in [2.24, 2.45) is 0 Å². The highest BCUT2D eigenvalue weighted by Gasteiger charge is 2.25. The van der Waals surface area contributed by atoms with Crippen molar-refractivity contribution in [1.29, 1.82) is 0 Å². The van der Waals surface area contributed by atoms with E-state index in [1.54, 1.807) is 6.92 Å². The minimum atomic E-state index is -4.28. The molecule has 0 heterocycles. The van der Waals surface area contributed by atoms with Crippen molar-refractivity contribution in [3.63, 3.8) is 0 Å². The number of rotatable bonds is 37. The molecule has 0 bridgehead atoms. The van der Waals surface area contributed by atoms with E-state index >= 15 is 0 Å². The molecular weight excluding hydrogens is 651 g/mol. The lowest BCUT2D eigenvalue weighted by Crippen LogP contribution is -2.29. The minimum absolute atomic E-state index is 0.00397. The number of phosphoric acid groups is 1. The summed E-state index contributed by atoms with van der Waals surface area (Å²) in [6.07, 6.45) is 40.5. The Morgan fingerprint density at radius 3 is 1.48 bits per heavy atom. The molecule has 0 aromatic rings. The maximum Gasteiger partial charge on any atom is 0.472 e. The summed E-state index contributed by atoms with van der Waals surface area (Å²) in [7, 11) is -4.28. The van der Waals surface area contributed by atoms with Gasteiger partial charge in [0.05, 0.1) is 13.2 Å². The molecule has 0 saturated heterocycles. The standard InChI is InChI=1S/C41H75O8P/c1-4-7-9-11-13-15-17-19-21-23-25-27-29-31-33-35-40(42)46-37-39(38-48-50(44,45)47-6-3)49-41(43)36-34-32-30-28-26-24-22-20-18-16-14-12-10-8-5-2/h14,16,19-22,39H,4-13,15,17-18,23-38H2,1-3H3,(H,44,45)/b16-14-,21-19-,22-20-/t39-/m1/s1. The van der Waals surface area contributed by atoms with Crippen LogP contribution in [0.1, 0.15) is 188 Å². The van der Waals surface area contributed by atoms with Crippen LogP contribution in [0.15, 0.2) is 36.5 Å².